The Kier molecular flexibility index (Phi) is 6.53. The minimum atomic E-state index is 0.0737. The van der Waals surface area contributed by atoms with E-state index in [1.165, 1.54) is 0 Å². The second-order valence-electron chi connectivity index (χ2n) is 6.06. The average molecular weight is 272 g/mol. The van der Waals surface area contributed by atoms with Gasteiger partial charge >= 0.3 is 0 Å². The van der Waals surface area contributed by atoms with Crippen molar-refractivity contribution in [3.63, 3.8) is 0 Å². The molecule has 0 atom stereocenters. The fourth-order valence-electron chi connectivity index (χ4n) is 2.13. The van der Waals surface area contributed by atoms with Gasteiger partial charge in [0.25, 0.3) is 0 Å². The van der Waals surface area contributed by atoms with Crippen LogP contribution in [0.5, 0.6) is 0 Å². The molecule has 4 heteroatoms. The topological polar surface area (TPSA) is 38.5 Å². The van der Waals surface area contributed by atoms with E-state index in [-0.39, 0.29) is 5.41 Å². The third-order valence-corrected chi connectivity index (χ3v) is 4.44. The highest BCUT2D eigenvalue weighted by Crippen LogP contribution is 2.30. The van der Waals surface area contributed by atoms with Crippen LogP contribution >= 0.6 is 12.2 Å². The van der Waals surface area contributed by atoms with Gasteiger partial charge in [0.15, 0.2) is 0 Å². The largest absolute Gasteiger partial charge is 0.393 e. The lowest BCUT2D eigenvalue weighted by Crippen LogP contribution is -2.45. The molecule has 1 aliphatic heterocycles. The van der Waals surface area contributed by atoms with E-state index >= 15 is 0 Å². The molecule has 18 heavy (non-hydrogen) atoms. The highest BCUT2D eigenvalue weighted by atomic mass is 32.1. The molecule has 1 saturated heterocycles. The van der Waals surface area contributed by atoms with Crippen LogP contribution in [0.1, 0.15) is 40.0 Å². The summed E-state index contributed by atoms with van der Waals surface area (Å²) in [5.41, 5.74) is 5.88. The number of nitrogens with two attached hydrogens (primary N) is 1. The first kappa shape index (κ1) is 15.9. The van der Waals surface area contributed by atoms with Gasteiger partial charge in [0.2, 0.25) is 0 Å². The second-order valence-corrected chi connectivity index (χ2v) is 6.50. The zero-order chi connectivity index (χ0) is 13.6. The summed E-state index contributed by atoms with van der Waals surface area (Å²) in [5.74, 6) is 0.728. The summed E-state index contributed by atoms with van der Waals surface area (Å²) < 4.78 is 5.65. The lowest BCUT2D eigenvalue weighted by Gasteiger charge is -2.38. The molecule has 3 nitrogen and oxygen atoms in total. The molecule has 0 aliphatic carbocycles. The molecule has 1 heterocycles. The predicted molar refractivity (Wildman–Crippen MR) is 80.8 cm³/mol. The standard InChI is InChI=1S/C14H28N2OS/c1-12(2)4-10-17-11-9-16-7-5-14(3,6-8-16)13(15)18/h12H,4-11H2,1-3H3,(H2,15,18). The average Bonchev–Trinajstić information content (AvgIpc) is 2.30. The number of rotatable bonds is 7. The normalized spacial score (nSPS) is 20.2. The monoisotopic (exact) mass is 272 g/mol. The van der Waals surface area contributed by atoms with Gasteiger partial charge in [-0.1, -0.05) is 33.0 Å². The van der Waals surface area contributed by atoms with Crippen LogP contribution in [0, 0.1) is 11.3 Å². The number of likely N-dealkylation sites (tertiary alicyclic amines) is 1. The molecule has 0 saturated carbocycles. The summed E-state index contributed by atoms with van der Waals surface area (Å²) in [6.45, 7) is 11.6. The molecule has 0 radical (unpaired) electrons. The van der Waals surface area contributed by atoms with E-state index in [1.807, 2.05) is 0 Å². The molecular weight excluding hydrogens is 244 g/mol. The van der Waals surface area contributed by atoms with Crippen LogP contribution in [0.3, 0.4) is 0 Å². The molecule has 106 valence electrons. The van der Waals surface area contributed by atoms with Gasteiger partial charge in [-0.05, 0) is 38.3 Å². The highest BCUT2D eigenvalue weighted by Gasteiger charge is 2.32. The van der Waals surface area contributed by atoms with Gasteiger partial charge in [-0.15, -0.1) is 0 Å². The number of thiocarbonyl (C=S) groups is 1. The predicted octanol–water partition coefficient (Wildman–Crippen LogP) is 2.44. The Balaban J connectivity index is 2.11. The van der Waals surface area contributed by atoms with E-state index in [4.69, 9.17) is 22.7 Å². The van der Waals surface area contributed by atoms with Gasteiger partial charge in [0, 0.05) is 18.6 Å². The first-order chi connectivity index (χ1) is 8.44. The van der Waals surface area contributed by atoms with Crippen LogP contribution < -0.4 is 5.73 Å². The smallest absolute Gasteiger partial charge is 0.0788 e. The Hall–Kier alpha value is -0.190. The minimum Gasteiger partial charge on any atom is -0.393 e. The van der Waals surface area contributed by atoms with Gasteiger partial charge in [0.1, 0.15) is 0 Å². The second kappa shape index (κ2) is 7.41. The number of hydrogen-bond acceptors (Lipinski definition) is 3. The summed E-state index contributed by atoms with van der Waals surface area (Å²) in [5, 5.41) is 0. The Morgan fingerprint density at radius 1 is 1.33 bits per heavy atom. The molecule has 1 fully saturated rings. The Morgan fingerprint density at radius 2 is 1.94 bits per heavy atom. The van der Waals surface area contributed by atoms with Crippen molar-refractivity contribution < 1.29 is 4.74 Å². The van der Waals surface area contributed by atoms with Crippen molar-refractivity contribution in [2.45, 2.75) is 40.0 Å². The number of piperidine rings is 1. The molecule has 0 unspecified atom stereocenters. The molecular formula is C14H28N2OS. The summed E-state index contributed by atoms with van der Waals surface area (Å²) in [6, 6.07) is 0. The van der Waals surface area contributed by atoms with Crippen molar-refractivity contribution >= 4 is 17.2 Å². The van der Waals surface area contributed by atoms with Crippen LogP contribution in [0.4, 0.5) is 0 Å². The maximum Gasteiger partial charge on any atom is 0.0788 e. The number of ether oxygens (including phenoxy) is 1. The zero-order valence-electron chi connectivity index (χ0n) is 12.1. The van der Waals surface area contributed by atoms with Crippen LogP contribution in [-0.2, 0) is 4.74 Å². The maximum absolute atomic E-state index is 5.80. The molecule has 0 aromatic rings. The summed E-state index contributed by atoms with van der Waals surface area (Å²) in [7, 11) is 0. The van der Waals surface area contributed by atoms with E-state index in [0.717, 1.165) is 58.0 Å². The van der Waals surface area contributed by atoms with Crippen molar-refractivity contribution in [3.05, 3.63) is 0 Å². The third kappa shape index (κ3) is 5.21. The van der Waals surface area contributed by atoms with Crippen molar-refractivity contribution in [1.82, 2.24) is 4.90 Å². The molecule has 1 aliphatic rings. The van der Waals surface area contributed by atoms with Crippen molar-refractivity contribution in [2.24, 2.45) is 17.1 Å². The highest BCUT2D eigenvalue weighted by molar-refractivity contribution is 7.80. The van der Waals surface area contributed by atoms with Crippen molar-refractivity contribution in [1.29, 1.82) is 0 Å². The molecule has 0 aromatic heterocycles. The van der Waals surface area contributed by atoms with Crippen molar-refractivity contribution in [3.8, 4) is 0 Å². The van der Waals surface area contributed by atoms with Gasteiger partial charge in [0.05, 0.1) is 11.6 Å². The number of nitrogens with zero attached hydrogens (tertiary/aromatic N) is 1. The fourth-order valence-corrected chi connectivity index (χ4v) is 2.34. The molecule has 2 N–H and O–H groups in total. The summed E-state index contributed by atoms with van der Waals surface area (Å²) >= 11 is 5.15. The van der Waals surface area contributed by atoms with Crippen LogP contribution in [0.25, 0.3) is 0 Å². The third-order valence-electron chi connectivity index (χ3n) is 3.95. The van der Waals surface area contributed by atoms with Crippen LogP contribution in [0.2, 0.25) is 0 Å². The van der Waals surface area contributed by atoms with E-state index in [2.05, 4.69) is 25.7 Å². The first-order valence-corrected chi connectivity index (χ1v) is 7.45. The van der Waals surface area contributed by atoms with Crippen LogP contribution in [0.15, 0.2) is 0 Å². The molecule has 0 amide bonds. The van der Waals surface area contributed by atoms with Crippen LogP contribution in [-0.4, -0.2) is 42.7 Å². The Morgan fingerprint density at radius 3 is 2.44 bits per heavy atom. The van der Waals surface area contributed by atoms with Crippen molar-refractivity contribution in [2.75, 3.05) is 32.8 Å². The lowest BCUT2D eigenvalue weighted by molar-refractivity contribution is 0.0783. The van der Waals surface area contributed by atoms with E-state index in [1.54, 1.807) is 0 Å². The Bertz CT molecular complexity index is 261. The van der Waals surface area contributed by atoms with E-state index in [0.29, 0.717) is 4.99 Å². The summed E-state index contributed by atoms with van der Waals surface area (Å²) in [6.07, 6.45) is 3.31. The summed E-state index contributed by atoms with van der Waals surface area (Å²) in [4.78, 5) is 3.13. The molecule has 0 aromatic carbocycles. The molecule has 1 rings (SSSR count). The fraction of sp³-hybridized carbons (Fsp3) is 0.929. The minimum absolute atomic E-state index is 0.0737. The SMILES string of the molecule is CC(C)CCOCCN1CCC(C)(C(N)=S)CC1. The number of hydrogen-bond donors (Lipinski definition) is 1. The maximum atomic E-state index is 5.80. The zero-order valence-corrected chi connectivity index (χ0v) is 12.9. The Labute approximate surface area is 117 Å². The molecule has 0 bridgehead atoms. The quantitative estimate of drug-likeness (QED) is 0.571. The van der Waals surface area contributed by atoms with Gasteiger partial charge < -0.3 is 15.4 Å². The molecule has 0 spiro atoms. The van der Waals surface area contributed by atoms with E-state index < -0.39 is 0 Å². The van der Waals surface area contributed by atoms with Gasteiger partial charge in [-0.2, -0.15) is 0 Å². The first-order valence-electron chi connectivity index (χ1n) is 7.04. The van der Waals surface area contributed by atoms with Gasteiger partial charge in [-0.3, -0.25) is 0 Å². The van der Waals surface area contributed by atoms with Gasteiger partial charge in [-0.25, -0.2) is 0 Å². The van der Waals surface area contributed by atoms with E-state index in [9.17, 15) is 0 Å². The lowest BCUT2D eigenvalue weighted by atomic mass is 9.80.